The summed E-state index contributed by atoms with van der Waals surface area (Å²) in [4.78, 5) is 13.9. The third kappa shape index (κ3) is 2.14. The summed E-state index contributed by atoms with van der Waals surface area (Å²) in [6.07, 6.45) is -2.42. The molecule has 1 rings (SSSR count). The second-order valence-corrected chi connectivity index (χ2v) is 2.71. The molecule has 0 aliphatic heterocycles. The Balaban J connectivity index is 3.42. The molecule has 0 fully saturated rings. The van der Waals surface area contributed by atoms with E-state index in [1.807, 2.05) is 0 Å². The second kappa shape index (κ2) is 4.57. The summed E-state index contributed by atoms with van der Waals surface area (Å²) < 4.78 is 24.9. The van der Waals surface area contributed by atoms with E-state index in [1.54, 1.807) is 6.07 Å². The summed E-state index contributed by atoms with van der Waals surface area (Å²) in [7, 11) is 0. The molecule has 0 amide bonds. The highest BCUT2D eigenvalue weighted by Crippen LogP contribution is 2.22. The van der Waals surface area contributed by atoms with Gasteiger partial charge in [-0.05, 0) is 11.6 Å². The van der Waals surface area contributed by atoms with Crippen molar-refractivity contribution in [3.8, 4) is 6.07 Å². The van der Waals surface area contributed by atoms with E-state index in [0.29, 0.717) is 6.29 Å². The first kappa shape index (κ1) is 11.2. The number of nitriles is 1. The van der Waals surface area contributed by atoms with Gasteiger partial charge in [0.25, 0.3) is 6.43 Å². The van der Waals surface area contributed by atoms with Crippen molar-refractivity contribution in [2.45, 2.75) is 13.0 Å². The van der Waals surface area contributed by atoms with Gasteiger partial charge >= 0.3 is 0 Å². The molecule has 0 spiro atoms. The fraction of sp³-hybridized carbons (Fsp3) is 0.222. The molecule has 1 heterocycles. The lowest BCUT2D eigenvalue weighted by atomic mass is 10.1. The van der Waals surface area contributed by atoms with Crippen LogP contribution in [-0.4, -0.2) is 11.3 Å². The number of hydrogen-bond donors (Lipinski definition) is 1. The zero-order chi connectivity index (χ0) is 11.4. The fourth-order valence-corrected chi connectivity index (χ4v) is 1.12. The van der Waals surface area contributed by atoms with Gasteiger partial charge in [0.2, 0.25) is 0 Å². The fourth-order valence-electron chi connectivity index (χ4n) is 1.12. The molecule has 0 radical (unpaired) electrons. The summed E-state index contributed by atoms with van der Waals surface area (Å²) in [5.41, 5.74) is 4.43. The van der Waals surface area contributed by atoms with E-state index in [0.717, 1.165) is 0 Å². The van der Waals surface area contributed by atoms with Crippen LogP contribution in [0.25, 0.3) is 0 Å². The quantitative estimate of drug-likeness (QED) is 0.761. The number of pyridine rings is 1. The number of nitrogens with zero attached hydrogens (tertiary/aromatic N) is 2. The van der Waals surface area contributed by atoms with Gasteiger partial charge in [0.05, 0.1) is 5.56 Å². The Morgan fingerprint density at radius 2 is 2.33 bits per heavy atom. The molecule has 6 heteroatoms. The van der Waals surface area contributed by atoms with E-state index in [-0.39, 0.29) is 23.4 Å². The molecule has 0 aromatic carbocycles. The summed E-state index contributed by atoms with van der Waals surface area (Å²) in [5, 5.41) is 8.57. The van der Waals surface area contributed by atoms with Crippen LogP contribution < -0.4 is 5.73 Å². The molecule has 2 N–H and O–H groups in total. The summed E-state index contributed by atoms with van der Waals surface area (Å²) in [5.74, 6) is 0. The van der Waals surface area contributed by atoms with Gasteiger partial charge in [0.1, 0.15) is 11.8 Å². The molecule has 15 heavy (non-hydrogen) atoms. The highest BCUT2D eigenvalue weighted by atomic mass is 19.3. The van der Waals surface area contributed by atoms with Crippen LogP contribution in [0.5, 0.6) is 0 Å². The minimum Gasteiger partial charge on any atom is -0.326 e. The minimum atomic E-state index is -2.81. The number of hydrogen-bond acceptors (Lipinski definition) is 4. The van der Waals surface area contributed by atoms with E-state index < -0.39 is 12.1 Å². The van der Waals surface area contributed by atoms with Crippen molar-refractivity contribution in [1.29, 1.82) is 5.26 Å². The molecule has 0 aliphatic rings. The number of aldehydes is 1. The molecular weight excluding hydrogens is 204 g/mol. The molecule has 0 bridgehead atoms. The largest absolute Gasteiger partial charge is 0.326 e. The van der Waals surface area contributed by atoms with Gasteiger partial charge in [-0.1, -0.05) is 0 Å². The summed E-state index contributed by atoms with van der Waals surface area (Å²) in [6, 6.07) is 2.74. The van der Waals surface area contributed by atoms with Crippen molar-refractivity contribution in [2.24, 2.45) is 5.73 Å². The number of carbonyl (C=O) groups excluding carboxylic acids is 1. The molecule has 0 unspecified atom stereocenters. The Hall–Kier alpha value is -1.87. The standard InChI is InChI=1S/C9H7F2N3O/c10-9(11)8-5(2-12)1-6(4-15)7(3-13)14-8/h1,4,9H,2,12H2. The Morgan fingerprint density at radius 1 is 1.67 bits per heavy atom. The van der Waals surface area contributed by atoms with Crippen molar-refractivity contribution in [3.63, 3.8) is 0 Å². The first-order valence-electron chi connectivity index (χ1n) is 4.01. The van der Waals surface area contributed by atoms with Gasteiger partial charge in [-0.3, -0.25) is 4.79 Å². The third-order valence-electron chi connectivity index (χ3n) is 1.82. The maximum Gasteiger partial charge on any atom is 0.280 e. The van der Waals surface area contributed by atoms with Crippen LogP contribution in [0.15, 0.2) is 6.07 Å². The number of alkyl halides is 2. The van der Waals surface area contributed by atoms with E-state index in [1.165, 1.54) is 6.07 Å². The maximum absolute atomic E-state index is 12.5. The average molecular weight is 211 g/mol. The van der Waals surface area contributed by atoms with Gasteiger partial charge in [-0.15, -0.1) is 0 Å². The number of carbonyl (C=O) groups is 1. The van der Waals surface area contributed by atoms with E-state index in [2.05, 4.69) is 4.98 Å². The Kier molecular flexibility index (Phi) is 3.42. The highest BCUT2D eigenvalue weighted by Gasteiger charge is 2.17. The number of nitrogens with two attached hydrogens (primary N) is 1. The molecule has 0 aliphatic carbocycles. The predicted octanol–water partition coefficient (Wildman–Crippen LogP) is 1.16. The first-order valence-corrected chi connectivity index (χ1v) is 4.01. The van der Waals surface area contributed by atoms with Crippen LogP contribution in [-0.2, 0) is 6.54 Å². The van der Waals surface area contributed by atoms with Crippen LogP contribution in [0.4, 0.5) is 8.78 Å². The van der Waals surface area contributed by atoms with Gasteiger partial charge in [0.15, 0.2) is 12.0 Å². The van der Waals surface area contributed by atoms with Crippen molar-refractivity contribution >= 4 is 6.29 Å². The second-order valence-electron chi connectivity index (χ2n) is 2.71. The van der Waals surface area contributed by atoms with Crippen LogP contribution in [0.1, 0.15) is 33.7 Å². The SMILES string of the molecule is N#Cc1nc(C(F)F)c(CN)cc1C=O. The molecule has 1 aromatic heterocycles. The van der Waals surface area contributed by atoms with Gasteiger partial charge in [-0.25, -0.2) is 13.8 Å². The summed E-state index contributed by atoms with van der Waals surface area (Å²) in [6.45, 7) is -0.154. The Labute approximate surface area is 84.3 Å². The van der Waals surface area contributed by atoms with Gasteiger partial charge < -0.3 is 5.73 Å². The van der Waals surface area contributed by atoms with Crippen molar-refractivity contribution in [1.82, 2.24) is 4.98 Å². The van der Waals surface area contributed by atoms with Gasteiger partial charge in [-0.2, -0.15) is 5.26 Å². The third-order valence-corrected chi connectivity index (χ3v) is 1.82. The maximum atomic E-state index is 12.5. The topological polar surface area (TPSA) is 79.8 Å². The molecule has 0 saturated carbocycles. The Morgan fingerprint density at radius 3 is 2.73 bits per heavy atom. The lowest BCUT2D eigenvalue weighted by Crippen LogP contribution is -2.08. The van der Waals surface area contributed by atoms with Crippen molar-refractivity contribution in [2.75, 3.05) is 0 Å². The summed E-state index contributed by atoms with van der Waals surface area (Å²) >= 11 is 0. The van der Waals surface area contributed by atoms with Crippen molar-refractivity contribution < 1.29 is 13.6 Å². The number of aromatic nitrogens is 1. The Bertz CT molecular complexity index is 426. The minimum absolute atomic E-state index is 0.0256. The normalized spacial score (nSPS) is 10.1. The van der Waals surface area contributed by atoms with E-state index in [9.17, 15) is 13.6 Å². The van der Waals surface area contributed by atoms with Crippen LogP contribution >= 0.6 is 0 Å². The molecule has 1 aromatic rings. The predicted molar refractivity (Wildman–Crippen MR) is 47.2 cm³/mol. The van der Waals surface area contributed by atoms with Crippen LogP contribution in [0, 0.1) is 11.3 Å². The molecule has 0 atom stereocenters. The molecule has 4 nitrogen and oxygen atoms in total. The highest BCUT2D eigenvalue weighted by molar-refractivity contribution is 5.78. The van der Waals surface area contributed by atoms with E-state index >= 15 is 0 Å². The number of rotatable bonds is 3. The zero-order valence-electron chi connectivity index (χ0n) is 7.58. The lowest BCUT2D eigenvalue weighted by molar-refractivity contribution is 0.112. The van der Waals surface area contributed by atoms with Gasteiger partial charge in [0, 0.05) is 6.54 Å². The first-order chi connectivity index (χ1) is 7.13. The van der Waals surface area contributed by atoms with Crippen LogP contribution in [0.3, 0.4) is 0 Å². The average Bonchev–Trinajstić information content (AvgIpc) is 2.26. The number of halogens is 2. The molecular formula is C9H7F2N3O. The van der Waals surface area contributed by atoms with Crippen molar-refractivity contribution in [3.05, 3.63) is 28.6 Å². The van der Waals surface area contributed by atoms with E-state index in [4.69, 9.17) is 11.0 Å². The molecule has 0 saturated heterocycles. The molecule has 78 valence electrons. The van der Waals surface area contributed by atoms with Crippen LogP contribution in [0.2, 0.25) is 0 Å². The zero-order valence-corrected chi connectivity index (χ0v) is 7.58. The smallest absolute Gasteiger partial charge is 0.280 e. The lowest BCUT2D eigenvalue weighted by Gasteiger charge is -2.07. The monoisotopic (exact) mass is 211 g/mol.